The number of nitro benzene ring substituents is 1. The second-order valence-corrected chi connectivity index (χ2v) is 6.77. The normalized spacial score (nSPS) is 11.9. The van der Waals surface area contributed by atoms with Gasteiger partial charge in [-0.25, -0.2) is 0 Å². The van der Waals surface area contributed by atoms with E-state index in [4.69, 9.17) is 11.6 Å². The highest BCUT2D eigenvalue weighted by molar-refractivity contribution is 6.35. The van der Waals surface area contributed by atoms with Crippen LogP contribution in [0.25, 0.3) is 10.9 Å². The van der Waals surface area contributed by atoms with Crippen LogP contribution in [0.2, 0.25) is 5.02 Å². The summed E-state index contributed by atoms with van der Waals surface area (Å²) in [6.45, 7) is 0. The summed E-state index contributed by atoms with van der Waals surface area (Å²) in [5.74, 6) is -0.0436. The maximum atomic E-state index is 11.3. The van der Waals surface area contributed by atoms with E-state index in [1.54, 1.807) is 55.0 Å². The maximum absolute atomic E-state index is 11.3. The minimum absolute atomic E-state index is 0.0436. The molecule has 0 aliphatic rings. The molecule has 0 saturated carbocycles. The Labute approximate surface area is 170 Å². The predicted molar refractivity (Wildman–Crippen MR) is 111 cm³/mol. The number of phenolic OH excluding ortho intramolecular Hbond substituents is 1. The van der Waals surface area contributed by atoms with Crippen molar-refractivity contribution in [1.29, 1.82) is 0 Å². The van der Waals surface area contributed by atoms with Gasteiger partial charge in [-0.1, -0.05) is 23.7 Å². The number of nitrogens with one attached hydrogen (secondary N) is 1. The molecular formula is C21H15ClN4O3. The summed E-state index contributed by atoms with van der Waals surface area (Å²) in [5, 5.41) is 26.5. The van der Waals surface area contributed by atoms with Crippen LogP contribution in [-0.4, -0.2) is 20.0 Å². The van der Waals surface area contributed by atoms with E-state index >= 15 is 0 Å². The van der Waals surface area contributed by atoms with E-state index in [0.29, 0.717) is 32.7 Å². The van der Waals surface area contributed by atoms with Crippen molar-refractivity contribution in [1.82, 2.24) is 9.97 Å². The quantitative estimate of drug-likeness (QED) is 0.353. The van der Waals surface area contributed by atoms with Crippen LogP contribution in [0.15, 0.2) is 73.2 Å². The molecule has 0 saturated heterocycles. The number of aromatic hydroxyl groups is 1. The van der Waals surface area contributed by atoms with E-state index in [9.17, 15) is 15.2 Å². The molecule has 0 unspecified atom stereocenters. The zero-order valence-corrected chi connectivity index (χ0v) is 15.7. The van der Waals surface area contributed by atoms with Crippen LogP contribution in [0.3, 0.4) is 0 Å². The lowest BCUT2D eigenvalue weighted by atomic mass is 9.95. The van der Waals surface area contributed by atoms with Crippen molar-refractivity contribution in [3.63, 3.8) is 0 Å². The van der Waals surface area contributed by atoms with Crippen LogP contribution in [0.5, 0.6) is 5.75 Å². The lowest BCUT2D eigenvalue weighted by Gasteiger charge is -2.22. The first-order valence-corrected chi connectivity index (χ1v) is 9.09. The number of nitrogens with zero attached hydrogens (tertiary/aromatic N) is 3. The van der Waals surface area contributed by atoms with Crippen LogP contribution < -0.4 is 5.32 Å². The topological polar surface area (TPSA) is 101 Å². The Kier molecular flexibility index (Phi) is 4.97. The van der Waals surface area contributed by atoms with Gasteiger partial charge >= 0.3 is 0 Å². The minimum Gasteiger partial charge on any atom is -0.505 e. The summed E-state index contributed by atoms with van der Waals surface area (Å²) in [6, 6.07) is 14.3. The number of pyridine rings is 2. The summed E-state index contributed by atoms with van der Waals surface area (Å²) in [6.07, 6.45) is 4.84. The van der Waals surface area contributed by atoms with Gasteiger partial charge < -0.3 is 10.4 Å². The average Bonchev–Trinajstić information content (AvgIpc) is 2.75. The molecule has 8 heteroatoms. The summed E-state index contributed by atoms with van der Waals surface area (Å²) < 4.78 is 0. The summed E-state index contributed by atoms with van der Waals surface area (Å²) in [7, 11) is 0. The van der Waals surface area contributed by atoms with Crippen molar-refractivity contribution < 1.29 is 10.0 Å². The molecule has 0 amide bonds. The SMILES string of the molecule is O=[N+]([O-])c1cccc([C@H](Nc2cccnc2)c2cc(Cl)c3cccnc3c2O)c1. The Morgan fingerprint density at radius 1 is 1.10 bits per heavy atom. The molecule has 0 aliphatic heterocycles. The minimum atomic E-state index is -0.622. The molecule has 1 atom stereocenters. The molecule has 2 heterocycles. The molecule has 7 nitrogen and oxygen atoms in total. The van der Waals surface area contributed by atoms with Crippen LogP contribution in [-0.2, 0) is 0 Å². The Bertz CT molecular complexity index is 1200. The number of fused-ring (bicyclic) bond motifs is 1. The fourth-order valence-electron chi connectivity index (χ4n) is 3.20. The monoisotopic (exact) mass is 406 g/mol. The molecule has 0 spiro atoms. The Morgan fingerprint density at radius 3 is 2.69 bits per heavy atom. The zero-order chi connectivity index (χ0) is 20.4. The van der Waals surface area contributed by atoms with E-state index < -0.39 is 11.0 Å². The third kappa shape index (κ3) is 3.68. The number of nitro groups is 1. The van der Waals surface area contributed by atoms with Gasteiger partial charge in [0.2, 0.25) is 0 Å². The van der Waals surface area contributed by atoms with Crippen molar-refractivity contribution in [3.8, 4) is 5.75 Å². The Balaban J connectivity index is 1.91. The van der Waals surface area contributed by atoms with Crippen molar-refractivity contribution >= 4 is 33.9 Å². The number of phenols is 1. The van der Waals surface area contributed by atoms with Crippen LogP contribution in [0, 0.1) is 10.1 Å². The van der Waals surface area contributed by atoms with Gasteiger partial charge in [0.15, 0.2) is 0 Å². The standard InChI is InChI=1S/C21H15ClN4O3/c22-18-11-17(21(27)20-16(18)7-3-9-24-20)19(25-14-5-2-8-23-12-14)13-4-1-6-15(10-13)26(28)29/h1-12,19,25,27H/t19-/m0/s1. The van der Waals surface area contributed by atoms with Crippen molar-refractivity contribution in [3.05, 3.63) is 99.5 Å². The lowest BCUT2D eigenvalue weighted by molar-refractivity contribution is -0.384. The van der Waals surface area contributed by atoms with Gasteiger partial charge in [0.1, 0.15) is 11.3 Å². The number of benzene rings is 2. The molecule has 4 rings (SSSR count). The molecule has 2 aromatic carbocycles. The molecule has 4 aromatic rings. The second kappa shape index (κ2) is 7.73. The van der Waals surface area contributed by atoms with Gasteiger partial charge in [-0.15, -0.1) is 0 Å². The first-order valence-electron chi connectivity index (χ1n) is 8.71. The summed E-state index contributed by atoms with van der Waals surface area (Å²) in [4.78, 5) is 19.1. The molecule has 29 heavy (non-hydrogen) atoms. The van der Waals surface area contributed by atoms with Gasteiger partial charge in [0.05, 0.1) is 21.7 Å². The number of aromatic nitrogens is 2. The number of hydrogen-bond donors (Lipinski definition) is 2. The molecule has 0 aliphatic carbocycles. The highest BCUT2D eigenvalue weighted by Gasteiger charge is 2.23. The van der Waals surface area contributed by atoms with Gasteiger partial charge in [-0.2, -0.15) is 0 Å². The predicted octanol–water partition coefficient (Wildman–Crippen LogP) is 5.10. The first-order chi connectivity index (χ1) is 14.0. The summed E-state index contributed by atoms with van der Waals surface area (Å²) >= 11 is 6.45. The third-order valence-corrected chi connectivity index (χ3v) is 4.86. The fraction of sp³-hybridized carbons (Fsp3) is 0.0476. The van der Waals surface area contributed by atoms with Gasteiger partial charge in [0, 0.05) is 41.7 Å². The van der Waals surface area contributed by atoms with E-state index in [-0.39, 0.29) is 11.4 Å². The molecule has 2 aromatic heterocycles. The Morgan fingerprint density at radius 2 is 1.93 bits per heavy atom. The molecule has 0 radical (unpaired) electrons. The number of halogens is 1. The first kappa shape index (κ1) is 18.6. The van der Waals surface area contributed by atoms with Gasteiger partial charge in [-0.05, 0) is 35.9 Å². The second-order valence-electron chi connectivity index (χ2n) is 6.37. The van der Waals surface area contributed by atoms with Crippen LogP contribution >= 0.6 is 11.6 Å². The largest absolute Gasteiger partial charge is 0.505 e. The van der Waals surface area contributed by atoms with Crippen LogP contribution in [0.1, 0.15) is 17.2 Å². The Hall–Kier alpha value is -3.71. The van der Waals surface area contributed by atoms with E-state index in [1.165, 1.54) is 12.1 Å². The van der Waals surface area contributed by atoms with Crippen molar-refractivity contribution in [2.45, 2.75) is 6.04 Å². The molecular weight excluding hydrogens is 392 g/mol. The molecule has 0 fully saturated rings. The molecule has 2 N–H and O–H groups in total. The number of non-ortho nitro benzene ring substituents is 1. The number of rotatable bonds is 5. The van der Waals surface area contributed by atoms with E-state index in [0.717, 1.165) is 0 Å². The van der Waals surface area contributed by atoms with E-state index in [1.807, 2.05) is 6.07 Å². The number of anilines is 1. The maximum Gasteiger partial charge on any atom is 0.269 e. The third-order valence-electron chi connectivity index (χ3n) is 4.54. The smallest absolute Gasteiger partial charge is 0.269 e. The van der Waals surface area contributed by atoms with Crippen molar-refractivity contribution in [2.24, 2.45) is 0 Å². The summed E-state index contributed by atoms with van der Waals surface area (Å²) in [5.41, 5.74) is 2.03. The molecule has 0 bridgehead atoms. The van der Waals surface area contributed by atoms with Gasteiger partial charge in [0.25, 0.3) is 5.69 Å². The lowest BCUT2D eigenvalue weighted by Crippen LogP contribution is -2.13. The fourth-order valence-corrected chi connectivity index (χ4v) is 3.47. The number of hydrogen-bond acceptors (Lipinski definition) is 6. The van der Waals surface area contributed by atoms with E-state index in [2.05, 4.69) is 15.3 Å². The van der Waals surface area contributed by atoms with Gasteiger partial charge in [-0.3, -0.25) is 20.1 Å². The molecule has 144 valence electrons. The zero-order valence-electron chi connectivity index (χ0n) is 15.0. The highest BCUT2D eigenvalue weighted by Crippen LogP contribution is 2.40. The van der Waals surface area contributed by atoms with Crippen LogP contribution in [0.4, 0.5) is 11.4 Å². The van der Waals surface area contributed by atoms with Crippen molar-refractivity contribution in [2.75, 3.05) is 5.32 Å². The highest BCUT2D eigenvalue weighted by atomic mass is 35.5. The average molecular weight is 407 g/mol.